The molecule has 8 nitrogen and oxygen atoms in total. The molecular weight excluding hydrogens is 398 g/mol. The zero-order valence-electron chi connectivity index (χ0n) is 17.4. The summed E-state index contributed by atoms with van der Waals surface area (Å²) in [5.41, 5.74) is 2.15. The maximum Gasteiger partial charge on any atom is 0.309 e. The molecule has 0 aromatic heterocycles. The first-order valence-electron chi connectivity index (χ1n) is 10.6. The second-order valence-corrected chi connectivity index (χ2v) is 7.64. The van der Waals surface area contributed by atoms with Gasteiger partial charge in [-0.05, 0) is 30.2 Å². The van der Waals surface area contributed by atoms with Crippen LogP contribution in [-0.2, 0) is 20.7 Å². The molecule has 4 rings (SSSR count). The van der Waals surface area contributed by atoms with Crippen LogP contribution in [0.25, 0.3) is 0 Å². The van der Waals surface area contributed by atoms with Crippen LogP contribution in [0.4, 0.5) is 0 Å². The third kappa shape index (κ3) is 5.53. The Labute approximate surface area is 181 Å². The van der Waals surface area contributed by atoms with Crippen molar-refractivity contribution in [2.45, 2.75) is 12.5 Å². The summed E-state index contributed by atoms with van der Waals surface area (Å²) in [6, 6.07) is 15.7. The molecule has 2 aliphatic rings. The van der Waals surface area contributed by atoms with Crippen molar-refractivity contribution >= 4 is 11.8 Å². The van der Waals surface area contributed by atoms with Gasteiger partial charge in [0.1, 0.15) is 19.1 Å². The second-order valence-electron chi connectivity index (χ2n) is 7.64. The molecule has 1 atom stereocenters. The van der Waals surface area contributed by atoms with Crippen molar-refractivity contribution in [3.63, 3.8) is 0 Å². The van der Waals surface area contributed by atoms with E-state index in [4.69, 9.17) is 14.2 Å². The molecule has 0 aliphatic carbocycles. The maximum atomic E-state index is 12.4. The highest BCUT2D eigenvalue weighted by Gasteiger charge is 2.29. The van der Waals surface area contributed by atoms with Crippen molar-refractivity contribution in [2.24, 2.45) is 0 Å². The van der Waals surface area contributed by atoms with Crippen molar-refractivity contribution in [3.8, 4) is 11.5 Å². The number of amides is 2. The Kier molecular flexibility index (Phi) is 7.01. The molecule has 8 heteroatoms. The van der Waals surface area contributed by atoms with Crippen molar-refractivity contribution in [3.05, 3.63) is 59.7 Å². The predicted octanol–water partition coefficient (Wildman–Crippen LogP) is -0.153. The largest absolute Gasteiger partial charge is 0.454 e. The number of hydrogen-bond acceptors (Lipinski definition) is 5. The van der Waals surface area contributed by atoms with E-state index in [1.54, 1.807) is 0 Å². The number of quaternary nitrogens is 1. The molecule has 2 aromatic rings. The minimum absolute atomic E-state index is 0.0144. The summed E-state index contributed by atoms with van der Waals surface area (Å²) in [7, 11) is 0. The van der Waals surface area contributed by atoms with Gasteiger partial charge in [-0.25, -0.2) is 0 Å². The molecule has 2 aliphatic heterocycles. The molecule has 1 saturated heterocycles. The molecule has 0 unspecified atom stereocenters. The number of carbonyl (C=O) groups excluding carboxylic acids is 2. The second kappa shape index (κ2) is 10.3. The molecule has 0 bridgehead atoms. The fraction of sp³-hybridized carbons (Fsp3) is 0.391. The molecule has 0 saturated carbocycles. The highest BCUT2D eigenvalue weighted by molar-refractivity contribution is 6.35. The summed E-state index contributed by atoms with van der Waals surface area (Å²) in [5, 5.41) is 5.50. The van der Waals surface area contributed by atoms with E-state index >= 15 is 0 Å². The normalized spacial score (nSPS) is 16.5. The average Bonchev–Trinajstić information content (AvgIpc) is 3.28. The van der Waals surface area contributed by atoms with E-state index in [-0.39, 0.29) is 12.8 Å². The lowest BCUT2D eigenvalue weighted by Gasteiger charge is -2.32. The number of ether oxygens (including phenoxy) is 3. The number of fused-ring (bicyclic) bond motifs is 1. The fourth-order valence-electron chi connectivity index (χ4n) is 3.93. The van der Waals surface area contributed by atoms with Gasteiger partial charge in [-0.3, -0.25) is 9.59 Å². The Morgan fingerprint density at radius 1 is 0.935 bits per heavy atom. The highest BCUT2D eigenvalue weighted by atomic mass is 16.7. The van der Waals surface area contributed by atoms with E-state index in [1.807, 2.05) is 48.5 Å². The van der Waals surface area contributed by atoms with Gasteiger partial charge < -0.3 is 29.7 Å². The lowest BCUT2D eigenvalue weighted by atomic mass is 10.0. The van der Waals surface area contributed by atoms with Gasteiger partial charge in [-0.2, -0.15) is 0 Å². The lowest BCUT2D eigenvalue weighted by molar-refractivity contribution is -0.937. The Morgan fingerprint density at radius 3 is 2.48 bits per heavy atom. The van der Waals surface area contributed by atoms with E-state index in [2.05, 4.69) is 10.6 Å². The van der Waals surface area contributed by atoms with Crippen LogP contribution >= 0.6 is 0 Å². The van der Waals surface area contributed by atoms with E-state index in [0.717, 1.165) is 30.0 Å². The van der Waals surface area contributed by atoms with E-state index < -0.39 is 11.8 Å². The molecule has 3 N–H and O–H groups in total. The summed E-state index contributed by atoms with van der Waals surface area (Å²) < 4.78 is 16.4. The van der Waals surface area contributed by atoms with E-state index in [0.29, 0.717) is 38.5 Å². The predicted molar refractivity (Wildman–Crippen MR) is 113 cm³/mol. The van der Waals surface area contributed by atoms with Crippen LogP contribution in [0, 0.1) is 0 Å². The van der Waals surface area contributed by atoms with Gasteiger partial charge in [0.05, 0.1) is 19.8 Å². The number of rotatable bonds is 7. The van der Waals surface area contributed by atoms with E-state index in [9.17, 15) is 9.59 Å². The Hall–Kier alpha value is -3.10. The van der Waals surface area contributed by atoms with Crippen LogP contribution in [0.3, 0.4) is 0 Å². The Morgan fingerprint density at radius 2 is 1.68 bits per heavy atom. The monoisotopic (exact) mass is 426 g/mol. The van der Waals surface area contributed by atoms with Crippen molar-refractivity contribution in [1.82, 2.24) is 10.6 Å². The number of nitrogens with one attached hydrogen (secondary N) is 3. The van der Waals surface area contributed by atoms with Gasteiger partial charge in [-0.15, -0.1) is 0 Å². The van der Waals surface area contributed by atoms with Gasteiger partial charge >= 0.3 is 11.8 Å². The summed E-state index contributed by atoms with van der Waals surface area (Å²) >= 11 is 0. The summed E-state index contributed by atoms with van der Waals surface area (Å²) in [4.78, 5) is 25.9. The standard InChI is InChI=1S/C23H27N3O5/c27-22(24-9-8-17-4-2-1-3-5-17)23(28)25-15-19(26-10-12-29-13-11-26)18-6-7-20-21(14-18)31-16-30-20/h1-7,14,19H,8-13,15-16H2,(H,24,27)(H,25,28)/p+1/t19-/m0/s1. The highest BCUT2D eigenvalue weighted by Crippen LogP contribution is 2.33. The van der Waals surface area contributed by atoms with Crippen LogP contribution in [0.15, 0.2) is 48.5 Å². The molecular formula is C23H28N3O5+. The van der Waals surface area contributed by atoms with Crippen LogP contribution in [-0.4, -0.2) is 58.0 Å². The third-order valence-corrected chi connectivity index (χ3v) is 5.64. The van der Waals surface area contributed by atoms with Crippen molar-refractivity contribution < 1.29 is 28.7 Å². The van der Waals surface area contributed by atoms with Gasteiger partial charge in [0, 0.05) is 12.1 Å². The summed E-state index contributed by atoms with van der Waals surface area (Å²) in [5.74, 6) is 0.199. The zero-order valence-corrected chi connectivity index (χ0v) is 17.4. The molecule has 2 aromatic carbocycles. The van der Waals surface area contributed by atoms with Crippen molar-refractivity contribution in [1.29, 1.82) is 0 Å². The van der Waals surface area contributed by atoms with E-state index in [1.165, 1.54) is 4.90 Å². The minimum Gasteiger partial charge on any atom is -0.454 e. The number of benzene rings is 2. The lowest BCUT2D eigenvalue weighted by Crippen LogP contribution is -3.15. The zero-order chi connectivity index (χ0) is 21.5. The summed E-state index contributed by atoms with van der Waals surface area (Å²) in [6.07, 6.45) is 0.678. The summed E-state index contributed by atoms with van der Waals surface area (Å²) in [6.45, 7) is 3.98. The van der Waals surface area contributed by atoms with Crippen LogP contribution < -0.4 is 25.0 Å². The fourth-order valence-corrected chi connectivity index (χ4v) is 3.93. The SMILES string of the molecule is O=C(NCCc1ccccc1)C(=O)NC[C@@H](c1ccc2c(c1)OCO2)[NH+]1CCOCC1. The van der Waals surface area contributed by atoms with Gasteiger partial charge in [0.2, 0.25) is 6.79 Å². The Balaban J connectivity index is 1.34. The number of carbonyl (C=O) groups is 2. The van der Waals surface area contributed by atoms with Crippen LogP contribution in [0.1, 0.15) is 17.2 Å². The maximum absolute atomic E-state index is 12.4. The number of hydrogen-bond donors (Lipinski definition) is 3. The quantitative estimate of drug-likeness (QED) is 0.536. The van der Waals surface area contributed by atoms with Crippen LogP contribution in [0.2, 0.25) is 0 Å². The third-order valence-electron chi connectivity index (χ3n) is 5.64. The first-order chi connectivity index (χ1) is 15.2. The molecule has 2 amide bonds. The van der Waals surface area contributed by atoms with Gasteiger partial charge in [-0.1, -0.05) is 30.3 Å². The molecule has 0 radical (unpaired) electrons. The van der Waals surface area contributed by atoms with Gasteiger partial charge in [0.25, 0.3) is 0 Å². The molecule has 1 fully saturated rings. The molecule has 164 valence electrons. The first-order valence-corrected chi connectivity index (χ1v) is 10.6. The topological polar surface area (TPSA) is 90.3 Å². The average molecular weight is 426 g/mol. The van der Waals surface area contributed by atoms with Crippen molar-refractivity contribution in [2.75, 3.05) is 46.2 Å². The van der Waals surface area contributed by atoms with Crippen LogP contribution in [0.5, 0.6) is 11.5 Å². The number of morpholine rings is 1. The van der Waals surface area contributed by atoms with Gasteiger partial charge in [0.15, 0.2) is 11.5 Å². The molecule has 0 spiro atoms. The molecule has 2 heterocycles. The first kappa shape index (κ1) is 21.1. The smallest absolute Gasteiger partial charge is 0.309 e. The minimum atomic E-state index is -0.619. The molecule has 31 heavy (non-hydrogen) atoms. The Bertz CT molecular complexity index is 899.